The Kier molecular flexibility index (Phi) is 4.99. The van der Waals surface area contributed by atoms with Crippen LogP contribution in [-0.4, -0.2) is 36.3 Å². The Balaban J connectivity index is 1.65. The molecule has 1 saturated heterocycles. The molecule has 0 amide bonds. The molecule has 1 aromatic heterocycles. The first-order valence-electron chi connectivity index (χ1n) is 7.85. The molecule has 1 aromatic carbocycles. The fourth-order valence-corrected chi connectivity index (χ4v) is 4.36. The fourth-order valence-electron chi connectivity index (χ4n) is 3.23. The summed E-state index contributed by atoms with van der Waals surface area (Å²) < 4.78 is 19.1. The summed E-state index contributed by atoms with van der Waals surface area (Å²) in [6.45, 7) is 4.05. The van der Waals surface area contributed by atoms with E-state index in [0.29, 0.717) is 24.4 Å². The predicted molar refractivity (Wildman–Crippen MR) is 90.6 cm³/mol. The highest BCUT2D eigenvalue weighted by molar-refractivity contribution is 7.10. The lowest BCUT2D eigenvalue weighted by atomic mass is 9.90. The Morgan fingerprint density at radius 2 is 2.22 bits per heavy atom. The third-order valence-corrected chi connectivity index (χ3v) is 5.71. The van der Waals surface area contributed by atoms with Gasteiger partial charge in [-0.05, 0) is 43.0 Å². The maximum Gasteiger partial charge on any atom is 0.131 e. The summed E-state index contributed by atoms with van der Waals surface area (Å²) in [4.78, 5) is 3.41. The topological polar surface area (TPSA) is 32.7 Å². The van der Waals surface area contributed by atoms with E-state index >= 15 is 0 Å². The van der Waals surface area contributed by atoms with Crippen molar-refractivity contribution in [2.45, 2.75) is 31.9 Å². The number of piperidine rings is 1. The molecule has 2 aromatic rings. The van der Waals surface area contributed by atoms with E-state index in [2.05, 4.69) is 23.3 Å². The van der Waals surface area contributed by atoms with Crippen molar-refractivity contribution in [2.24, 2.45) is 0 Å². The van der Waals surface area contributed by atoms with Crippen LogP contribution in [-0.2, 0) is 6.54 Å². The molecule has 0 bridgehead atoms. The number of likely N-dealkylation sites (tertiary alicyclic amines) is 1. The van der Waals surface area contributed by atoms with Gasteiger partial charge in [-0.3, -0.25) is 4.90 Å². The van der Waals surface area contributed by atoms with E-state index in [1.807, 2.05) is 0 Å². The molecule has 1 aliphatic heterocycles. The van der Waals surface area contributed by atoms with E-state index < -0.39 is 6.10 Å². The second-order valence-electron chi connectivity index (χ2n) is 6.12. The molecule has 0 aliphatic carbocycles. The molecule has 3 nitrogen and oxygen atoms in total. The zero-order valence-electron chi connectivity index (χ0n) is 13.5. The van der Waals surface area contributed by atoms with Gasteiger partial charge in [0.1, 0.15) is 11.6 Å². The number of rotatable bonds is 4. The first-order valence-corrected chi connectivity index (χ1v) is 8.73. The molecular weight excluding hydrogens is 313 g/mol. The van der Waals surface area contributed by atoms with Gasteiger partial charge in [-0.1, -0.05) is 6.07 Å². The van der Waals surface area contributed by atoms with Crippen LogP contribution in [0.15, 0.2) is 29.6 Å². The second-order valence-corrected chi connectivity index (χ2v) is 7.07. The van der Waals surface area contributed by atoms with Crippen molar-refractivity contribution in [1.29, 1.82) is 0 Å². The molecule has 3 rings (SSSR count). The van der Waals surface area contributed by atoms with Crippen molar-refractivity contribution in [3.8, 4) is 5.75 Å². The molecular formula is C18H22FNO2S. The highest BCUT2D eigenvalue weighted by Gasteiger charge is 2.30. The molecule has 1 N–H and O–H groups in total. The van der Waals surface area contributed by atoms with Crippen LogP contribution >= 0.6 is 11.3 Å². The van der Waals surface area contributed by atoms with Crippen LogP contribution in [0.2, 0.25) is 0 Å². The molecule has 0 saturated carbocycles. The van der Waals surface area contributed by atoms with Crippen LogP contribution in [0.3, 0.4) is 0 Å². The summed E-state index contributed by atoms with van der Waals surface area (Å²) in [5.74, 6) is 0.472. The lowest BCUT2D eigenvalue weighted by Crippen LogP contribution is -2.42. The summed E-state index contributed by atoms with van der Waals surface area (Å²) in [6.07, 6.45) is 0.503. The Labute approximate surface area is 140 Å². The van der Waals surface area contributed by atoms with Crippen molar-refractivity contribution in [2.75, 3.05) is 20.2 Å². The zero-order chi connectivity index (χ0) is 16.4. The van der Waals surface area contributed by atoms with E-state index in [4.69, 9.17) is 4.74 Å². The fraction of sp³-hybridized carbons (Fsp3) is 0.444. The maximum absolute atomic E-state index is 14.1. The smallest absolute Gasteiger partial charge is 0.131 e. The van der Waals surface area contributed by atoms with Gasteiger partial charge in [0.2, 0.25) is 0 Å². The number of hydrogen-bond donors (Lipinski definition) is 1. The Morgan fingerprint density at radius 3 is 2.83 bits per heavy atom. The monoisotopic (exact) mass is 335 g/mol. The number of aliphatic hydroxyl groups excluding tert-OH is 1. The number of nitrogens with zero attached hydrogens (tertiary/aromatic N) is 1. The van der Waals surface area contributed by atoms with Gasteiger partial charge in [-0.15, -0.1) is 11.3 Å². The van der Waals surface area contributed by atoms with Crippen molar-refractivity contribution < 1.29 is 14.2 Å². The Morgan fingerprint density at radius 1 is 1.39 bits per heavy atom. The third-order valence-electron chi connectivity index (χ3n) is 4.56. The van der Waals surface area contributed by atoms with E-state index in [1.54, 1.807) is 23.5 Å². The minimum Gasteiger partial charge on any atom is -0.497 e. The van der Waals surface area contributed by atoms with Crippen LogP contribution in [0.1, 0.15) is 28.3 Å². The first-order chi connectivity index (χ1) is 11.1. The van der Waals surface area contributed by atoms with Gasteiger partial charge in [-0.2, -0.15) is 0 Å². The van der Waals surface area contributed by atoms with E-state index in [0.717, 1.165) is 13.0 Å². The van der Waals surface area contributed by atoms with E-state index in [-0.39, 0.29) is 11.7 Å². The molecule has 0 unspecified atom stereocenters. The van der Waals surface area contributed by atoms with Gasteiger partial charge in [0.25, 0.3) is 0 Å². The van der Waals surface area contributed by atoms with Gasteiger partial charge >= 0.3 is 0 Å². The number of aliphatic hydroxyl groups is 1. The van der Waals surface area contributed by atoms with Crippen molar-refractivity contribution >= 4 is 11.3 Å². The van der Waals surface area contributed by atoms with Crippen LogP contribution in [0, 0.1) is 12.7 Å². The SMILES string of the molecule is COc1ccc(CN2CC[C@@H](c3sccc3C)[C@H](O)C2)c(F)c1. The number of ether oxygens (including phenoxy) is 1. The number of benzene rings is 1. The van der Waals surface area contributed by atoms with Gasteiger partial charge < -0.3 is 9.84 Å². The van der Waals surface area contributed by atoms with Gasteiger partial charge in [0.15, 0.2) is 0 Å². The summed E-state index contributed by atoms with van der Waals surface area (Å²) in [5, 5.41) is 12.6. The molecule has 0 radical (unpaired) electrons. The number of hydrogen-bond acceptors (Lipinski definition) is 4. The number of methoxy groups -OCH3 is 1. The minimum atomic E-state index is -0.401. The minimum absolute atomic E-state index is 0.201. The molecule has 23 heavy (non-hydrogen) atoms. The van der Waals surface area contributed by atoms with E-state index in [9.17, 15) is 9.50 Å². The van der Waals surface area contributed by atoms with Crippen molar-refractivity contribution in [3.63, 3.8) is 0 Å². The van der Waals surface area contributed by atoms with Crippen molar-refractivity contribution in [3.05, 3.63) is 51.5 Å². The van der Waals surface area contributed by atoms with E-state index in [1.165, 1.54) is 23.6 Å². The van der Waals surface area contributed by atoms with Crippen LogP contribution in [0.25, 0.3) is 0 Å². The molecule has 2 heterocycles. The van der Waals surface area contributed by atoms with Crippen molar-refractivity contribution in [1.82, 2.24) is 4.90 Å². The largest absolute Gasteiger partial charge is 0.497 e. The highest BCUT2D eigenvalue weighted by Crippen LogP contribution is 2.34. The van der Waals surface area contributed by atoms with Gasteiger partial charge in [0, 0.05) is 35.5 Å². The highest BCUT2D eigenvalue weighted by atomic mass is 32.1. The van der Waals surface area contributed by atoms with Crippen LogP contribution in [0.4, 0.5) is 4.39 Å². The molecule has 124 valence electrons. The quantitative estimate of drug-likeness (QED) is 0.927. The third kappa shape index (κ3) is 3.57. The Hall–Kier alpha value is -1.43. The van der Waals surface area contributed by atoms with Crippen LogP contribution < -0.4 is 4.74 Å². The molecule has 5 heteroatoms. The Bertz CT molecular complexity index is 673. The standard InChI is InChI=1S/C18H22FNO2S/c1-12-6-8-23-18(12)15-5-7-20(11-17(15)21)10-13-3-4-14(22-2)9-16(13)19/h3-4,6,8-9,15,17,21H,5,7,10-11H2,1-2H3/t15-,17-/m1/s1. The number of aryl methyl sites for hydroxylation is 1. The predicted octanol–water partition coefficient (Wildman–Crippen LogP) is 3.55. The second kappa shape index (κ2) is 6.99. The molecule has 1 aliphatic rings. The van der Waals surface area contributed by atoms with Gasteiger partial charge in [0.05, 0.1) is 13.2 Å². The summed E-state index contributed by atoms with van der Waals surface area (Å²) >= 11 is 1.72. The zero-order valence-corrected chi connectivity index (χ0v) is 14.3. The first kappa shape index (κ1) is 16.4. The summed E-state index contributed by atoms with van der Waals surface area (Å²) in [6, 6.07) is 7.05. The lowest BCUT2D eigenvalue weighted by Gasteiger charge is -2.36. The maximum atomic E-state index is 14.1. The molecule has 2 atom stereocenters. The number of thiophene rings is 1. The molecule has 1 fully saturated rings. The number of halogens is 1. The summed E-state index contributed by atoms with van der Waals surface area (Å²) in [5.41, 5.74) is 1.90. The number of β-amino-alcohol motifs (C(OH)–C–C–N with tert-alkyl or cyclic N) is 1. The lowest BCUT2D eigenvalue weighted by molar-refractivity contribution is 0.0480. The normalized spacial score (nSPS) is 22.3. The average molecular weight is 335 g/mol. The van der Waals surface area contributed by atoms with Gasteiger partial charge in [-0.25, -0.2) is 4.39 Å². The molecule has 0 spiro atoms. The average Bonchev–Trinajstić information content (AvgIpc) is 2.95. The van der Waals surface area contributed by atoms with Crippen LogP contribution in [0.5, 0.6) is 5.75 Å². The summed E-state index contributed by atoms with van der Waals surface area (Å²) in [7, 11) is 1.53.